The molecule has 0 aromatic carbocycles. The van der Waals surface area contributed by atoms with Crippen LogP contribution in [0, 0.1) is 5.41 Å². The highest BCUT2D eigenvalue weighted by Crippen LogP contribution is 2.19. The standard InChI is InChI=1S/C10H19N3/c1-8(11)9-5-12-7-13(9)6-10(2,3)4/h5,7-8H,6,11H2,1-4H3/t8-/m0/s1. The molecule has 0 fully saturated rings. The summed E-state index contributed by atoms with van der Waals surface area (Å²) in [5.74, 6) is 0. The topological polar surface area (TPSA) is 43.8 Å². The molecule has 0 radical (unpaired) electrons. The molecule has 3 heteroatoms. The number of nitrogens with two attached hydrogens (primary N) is 1. The van der Waals surface area contributed by atoms with Gasteiger partial charge in [0.2, 0.25) is 0 Å². The number of hydrogen-bond donors (Lipinski definition) is 1. The first kappa shape index (κ1) is 10.3. The summed E-state index contributed by atoms with van der Waals surface area (Å²) in [6.07, 6.45) is 3.69. The van der Waals surface area contributed by atoms with Gasteiger partial charge in [-0.15, -0.1) is 0 Å². The van der Waals surface area contributed by atoms with Gasteiger partial charge in [-0.2, -0.15) is 0 Å². The number of aromatic nitrogens is 2. The van der Waals surface area contributed by atoms with E-state index >= 15 is 0 Å². The van der Waals surface area contributed by atoms with Gasteiger partial charge < -0.3 is 10.3 Å². The molecular weight excluding hydrogens is 162 g/mol. The van der Waals surface area contributed by atoms with Gasteiger partial charge >= 0.3 is 0 Å². The third kappa shape index (κ3) is 2.84. The Kier molecular flexibility index (Phi) is 2.76. The van der Waals surface area contributed by atoms with Crippen molar-refractivity contribution in [1.29, 1.82) is 0 Å². The lowest BCUT2D eigenvalue weighted by Crippen LogP contribution is -2.19. The van der Waals surface area contributed by atoms with Crippen LogP contribution >= 0.6 is 0 Å². The molecule has 1 rings (SSSR count). The molecule has 0 unspecified atom stereocenters. The Hall–Kier alpha value is -0.830. The summed E-state index contributed by atoms with van der Waals surface area (Å²) < 4.78 is 2.13. The molecule has 0 aliphatic rings. The van der Waals surface area contributed by atoms with Crippen molar-refractivity contribution in [3.8, 4) is 0 Å². The zero-order valence-electron chi connectivity index (χ0n) is 8.91. The van der Waals surface area contributed by atoms with Crippen LogP contribution in [0.1, 0.15) is 39.4 Å². The second-order valence-electron chi connectivity index (χ2n) is 4.80. The lowest BCUT2D eigenvalue weighted by atomic mass is 9.96. The van der Waals surface area contributed by atoms with Gasteiger partial charge in [-0.05, 0) is 12.3 Å². The molecule has 1 aromatic heterocycles. The summed E-state index contributed by atoms with van der Waals surface area (Å²) >= 11 is 0. The first-order chi connectivity index (χ1) is 5.90. The monoisotopic (exact) mass is 181 g/mol. The van der Waals surface area contributed by atoms with E-state index in [1.165, 1.54) is 0 Å². The molecule has 0 aliphatic heterocycles. The van der Waals surface area contributed by atoms with Crippen molar-refractivity contribution in [2.75, 3.05) is 0 Å². The fourth-order valence-corrected chi connectivity index (χ4v) is 1.35. The minimum absolute atomic E-state index is 0.0600. The summed E-state index contributed by atoms with van der Waals surface area (Å²) in [5, 5.41) is 0. The quantitative estimate of drug-likeness (QED) is 0.757. The predicted molar refractivity (Wildman–Crippen MR) is 54.3 cm³/mol. The molecule has 0 saturated heterocycles. The fraction of sp³-hybridized carbons (Fsp3) is 0.700. The molecule has 0 saturated carbocycles. The van der Waals surface area contributed by atoms with Crippen molar-refractivity contribution in [3.63, 3.8) is 0 Å². The first-order valence-electron chi connectivity index (χ1n) is 4.66. The second kappa shape index (κ2) is 3.50. The van der Waals surface area contributed by atoms with Crippen molar-refractivity contribution in [3.05, 3.63) is 18.2 Å². The Balaban J connectivity index is 2.83. The zero-order chi connectivity index (χ0) is 10.1. The van der Waals surface area contributed by atoms with Crippen LogP contribution in [0.25, 0.3) is 0 Å². The Morgan fingerprint density at radius 3 is 2.62 bits per heavy atom. The van der Waals surface area contributed by atoms with E-state index in [2.05, 4.69) is 30.3 Å². The molecule has 1 aromatic rings. The van der Waals surface area contributed by atoms with Gasteiger partial charge in [0.25, 0.3) is 0 Å². The Labute approximate surface area is 80.0 Å². The van der Waals surface area contributed by atoms with Crippen LogP contribution in [0.3, 0.4) is 0 Å². The maximum absolute atomic E-state index is 5.82. The van der Waals surface area contributed by atoms with Gasteiger partial charge in [-0.1, -0.05) is 20.8 Å². The molecule has 0 bridgehead atoms. The molecule has 13 heavy (non-hydrogen) atoms. The molecule has 0 aliphatic carbocycles. The van der Waals surface area contributed by atoms with Crippen molar-refractivity contribution >= 4 is 0 Å². The van der Waals surface area contributed by atoms with Gasteiger partial charge in [0.05, 0.1) is 12.0 Å². The van der Waals surface area contributed by atoms with Gasteiger partial charge in [-0.25, -0.2) is 4.98 Å². The average Bonchev–Trinajstić information content (AvgIpc) is 2.31. The molecule has 74 valence electrons. The summed E-state index contributed by atoms with van der Waals surface area (Å²) in [5.41, 5.74) is 7.19. The lowest BCUT2D eigenvalue weighted by Gasteiger charge is -2.21. The summed E-state index contributed by atoms with van der Waals surface area (Å²) in [6.45, 7) is 9.56. The van der Waals surface area contributed by atoms with E-state index in [1.54, 1.807) is 0 Å². The number of nitrogens with zero attached hydrogens (tertiary/aromatic N) is 2. The maximum Gasteiger partial charge on any atom is 0.0948 e. The minimum atomic E-state index is 0.0600. The number of hydrogen-bond acceptors (Lipinski definition) is 2. The zero-order valence-corrected chi connectivity index (χ0v) is 8.91. The van der Waals surface area contributed by atoms with Crippen LogP contribution in [-0.2, 0) is 6.54 Å². The molecule has 1 heterocycles. The van der Waals surface area contributed by atoms with E-state index in [4.69, 9.17) is 5.73 Å². The third-order valence-electron chi connectivity index (χ3n) is 1.86. The molecule has 1 atom stereocenters. The van der Waals surface area contributed by atoms with Gasteiger partial charge in [-0.3, -0.25) is 0 Å². The normalized spacial score (nSPS) is 14.5. The SMILES string of the molecule is C[C@H](N)c1cncn1CC(C)(C)C. The highest BCUT2D eigenvalue weighted by Gasteiger charge is 2.14. The average molecular weight is 181 g/mol. The largest absolute Gasteiger partial charge is 0.333 e. The Bertz CT molecular complexity index is 268. The van der Waals surface area contributed by atoms with Crippen molar-refractivity contribution < 1.29 is 0 Å². The van der Waals surface area contributed by atoms with E-state index in [0.29, 0.717) is 0 Å². The molecule has 0 spiro atoms. The van der Waals surface area contributed by atoms with Crippen LogP contribution in [0.15, 0.2) is 12.5 Å². The Morgan fingerprint density at radius 1 is 1.54 bits per heavy atom. The van der Waals surface area contributed by atoms with E-state index in [9.17, 15) is 0 Å². The summed E-state index contributed by atoms with van der Waals surface area (Å²) in [4.78, 5) is 4.11. The molecule has 3 nitrogen and oxygen atoms in total. The van der Waals surface area contributed by atoms with Crippen LogP contribution in [0.2, 0.25) is 0 Å². The van der Waals surface area contributed by atoms with Gasteiger partial charge in [0.1, 0.15) is 0 Å². The molecular formula is C10H19N3. The third-order valence-corrected chi connectivity index (χ3v) is 1.86. The van der Waals surface area contributed by atoms with E-state index < -0.39 is 0 Å². The first-order valence-corrected chi connectivity index (χ1v) is 4.66. The van der Waals surface area contributed by atoms with Crippen LogP contribution in [0.5, 0.6) is 0 Å². The van der Waals surface area contributed by atoms with Crippen molar-refractivity contribution in [1.82, 2.24) is 9.55 Å². The highest BCUT2D eigenvalue weighted by molar-refractivity contribution is 5.03. The Morgan fingerprint density at radius 2 is 2.15 bits per heavy atom. The molecule has 0 amide bonds. The van der Waals surface area contributed by atoms with Gasteiger partial charge in [0, 0.05) is 18.8 Å². The summed E-state index contributed by atoms with van der Waals surface area (Å²) in [6, 6.07) is 0.0600. The van der Waals surface area contributed by atoms with E-state index in [1.807, 2.05) is 19.4 Å². The van der Waals surface area contributed by atoms with Gasteiger partial charge in [0.15, 0.2) is 0 Å². The second-order valence-corrected chi connectivity index (χ2v) is 4.80. The number of rotatable bonds is 2. The summed E-state index contributed by atoms with van der Waals surface area (Å²) in [7, 11) is 0. The van der Waals surface area contributed by atoms with Crippen molar-refractivity contribution in [2.45, 2.75) is 40.3 Å². The molecule has 2 N–H and O–H groups in total. The number of imidazole rings is 1. The predicted octanol–water partition coefficient (Wildman–Crippen LogP) is 1.95. The highest BCUT2D eigenvalue weighted by atomic mass is 15.1. The smallest absolute Gasteiger partial charge is 0.0948 e. The van der Waals surface area contributed by atoms with Crippen LogP contribution < -0.4 is 5.73 Å². The lowest BCUT2D eigenvalue weighted by molar-refractivity contribution is 0.336. The van der Waals surface area contributed by atoms with Crippen LogP contribution in [0.4, 0.5) is 0 Å². The van der Waals surface area contributed by atoms with Crippen LogP contribution in [-0.4, -0.2) is 9.55 Å². The maximum atomic E-state index is 5.82. The van der Waals surface area contributed by atoms with E-state index in [-0.39, 0.29) is 11.5 Å². The minimum Gasteiger partial charge on any atom is -0.333 e. The fourth-order valence-electron chi connectivity index (χ4n) is 1.35. The van der Waals surface area contributed by atoms with E-state index in [0.717, 1.165) is 12.2 Å². The van der Waals surface area contributed by atoms with Crippen molar-refractivity contribution in [2.24, 2.45) is 11.1 Å².